The summed E-state index contributed by atoms with van der Waals surface area (Å²) in [5.74, 6) is 0.163. The minimum absolute atomic E-state index is 0.163. The van der Waals surface area contributed by atoms with E-state index >= 15 is 0 Å². The summed E-state index contributed by atoms with van der Waals surface area (Å²) in [6.07, 6.45) is 1.49. The Morgan fingerprint density at radius 1 is 1.21 bits per heavy atom. The number of aromatic amines is 1. The molecule has 0 saturated heterocycles. The number of carbonyl (C=O) groups is 1. The van der Waals surface area contributed by atoms with Crippen molar-refractivity contribution in [3.05, 3.63) is 45.0 Å². The van der Waals surface area contributed by atoms with Crippen LogP contribution in [0.5, 0.6) is 0 Å². The first-order valence-electron chi connectivity index (χ1n) is 6.37. The topological polar surface area (TPSA) is 71.9 Å². The van der Waals surface area contributed by atoms with Crippen molar-refractivity contribution in [2.75, 3.05) is 0 Å². The number of rotatable bonds is 5. The van der Waals surface area contributed by atoms with E-state index in [-0.39, 0.29) is 16.9 Å². The van der Waals surface area contributed by atoms with Gasteiger partial charge in [-0.1, -0.05) is 19.1 Å². The second-order valence-corrected chi connectivity index (χ2v) is 4.44. The van der Waals surface area contributed by atoms with Crippen LogP contribution < -0.4 is 11.1 Å². The van der Waals surface area contributed by atoms with E-state index in [2.05, 4.69) is 5.10 Å². The van der Waals surface area contributed by atoms with E-state index in [4.69, 9.17) is 0 Å². The van der Waals surface area contributed by atoms with Gasteiger partial charge in [0.1, 0.15) is 5.78 Å². The predicted octanol–water partition coefficient (Wildman–Crippen LogP) is 1.45. The van der Waals surface area contributed by atoms with Crippen LogP contribution in [0.4, 0.5) is 0 Å². The zero-order valence-corrected chi connectivity index (χ0v) is 10.8. The number of nitrogens with zero attached hydrogens (tertiary/aromatic N) is 1. The molecule has 0 aliphatic carbocycles. The number of carbonyl (C=O) groups excluding carboxylic acids is 1. The SMILES string of the molecule is CCC(=O)CCCn1[nH]c(=O)c2ccccc2c1=O. The van der Waals surface area contributed by atoms with Crippen molar-refractivity contribution in [3.8, 4) is 0 Å². The molecule has 1 heterocycles. The molecule has 0 radical (unpaired) electrons. The zero-order chi connectivity index (χ0) is 13.8. The van der Waals surface area contributed by atoms with Crippen LogP contribution in [0.3, 0.4) is 0 Å². The average molecular weight is 260 g/mol. The van der Waals surface area contributed by atoms with Crippen molar-refractivity contribution in [1.29, 1.82) is 0 Å². The number of aryl methyl sites for hydroxylation is 1. The van der Waals surface area contributed by atoms with Crippen LogP contribution in [0.25, 0.3) is 10.8 Å². The molecule has 0 aliphatic heterocycles. The maximum absolute atomic E-state index is 12.1. The van der Waals surface area contributed by atoms with Gasteiger partial charge in [-0.25, -0.2) is 4.68 Å². The first-order valence-corrected chi connectivity index (χ1v) is 6.37. The van der Waals surface area contributed by atoms with E-state index in [9.17, 15) is 14.4 Å². The van der Waals surface area contributed by atoms with Gasteiger partial charge in [-0.15, -0.1) is 0 Å². The molecule has 0 spiro atoms. The van der Waals surface area contributed by atoms with E-state index in [1.54, 1.807) is 24.3 Å². The van der Waals surface area contributed by atoms with Crippen molar-refractivity contribution in [2.45, 2.75) is 32.7 Å². The van der Waals surface area contributed by atoms with E-state index in [0.717, 1.165) is 0 Å². The normalized spacial score (nSPS) is 10.8. The summed E-state index contributed by atoms with van der Waals surface area (Å²) in [6, 6.07) is 6.72. The second-order valence-electron chi connectivity index (χ2n) is 4.44. The molecule has 5 heteroatoms. The molecule has 2 rings (SSSR count). The Labute approximate surface area is 109 Å². The maximum atomic E-state index is 12.1. The molecule has 1 aromatic carbocycles. The van der Waals surface area contributed by atoms with Crippen molar-refractivity contribution in [1.82, 2.24) is 9.78 Å². The van der Waals surface area contributed by atoms with E-state index in [1.165, 1.54) is 4.68 Å². The van der Waals surface area contributed by atoms with Gasteiger partial charge in [-0.3, -0.25) is 19.5 Å². The van der Waals surface area contributed by atoms with Gasteiger partial charge in [0.15, 0.2) is 0 Å². The lowest BCUT2D eigenvalue weighted by Crippen LogP contribution is -2.30. The van der Waals surface area contributed by atoms with Crippen molar-refractivity contribution in [2.24, 2.45) is 0 Å². The van der Waals surface area contributed by atoms with Crippen LogP contribution in [0.1, 0.15) is 26.2 Å². The highest BCUT2D eigenvalue weighted by Gasteiger charge is 2.06. The Balaban J connectivity index is 2.30. The zero-order valence-electron chi connectivity index (χ0n) is 10.8. The Morgan fingerprint density at radius 3 is 2.58 bits per heavy atom. The summed E-state index contributed by atoms with van der Waals surface area (Å²) in [4.78, 5) is 35.2. The molecule has 5 nitrogen and oxygen atoms in total. The second kappa shape index (κ2) is 5.65. The summed E-state index contributed by atoms with van der Waals surface area (Å²) in [7, 11) is 0. The lowest BCUT2D eigenvalue weighted by atomic mass is 10.2. The van der Waals surface area contributed by atoms with Crippen molar-refractivity contribution >= 4 is 16.6 Å². The predicted molar refractivity (Wildman–Crippen MR) is 73.4 cm³/mol. The number of ketones is 1. The first kappa shape index (κ1) is 13.3. The Kier molecular flexibility index (Phi) is 3.94. The van der Waals surface area contributed by atoms with E-state index < -0.39 is 0 Å². The fraction of sp³-hybridized carbons (Fsp3) is 0.357. The molecule has 0 unspecified atom stereocenters. The lowest BCUT2D eigenvalue weighted by Gasteiger charge is -2.06. The molecular weight excluding hydrogens is 244 g/mol. The Hall–Kier alpha value is -2.17. The van der Waals surface area contributed by atoms with Gasteiger partial charge in [0.05, 0.1) is 10.8 Å². The molecule has 1 aromatic heterocycles. The van der Waals surface area contributed by atoms with Crippen molar-refractivity contribution in [3.63, 3.8) is 0 Å². The van der Waals surface area contributed by atoms with Crippen LogP contribution >= 0.6 is 0 Å². The van der Waals surface area contributed by atoms with Gasteiger partial charge in [0.2, 0.25) is 0 Å². The van der Waals surface area contributed by atoms with E-state index in [0.29, 0.717) is 36.6 Å². The third kappa shape index (κ3) is 2.81. The van der Waals surface area contributed by atoms with Crippen LogP contribution in [0.2, 0.25) is 0 Å². The third-order valence-corrected chi connectivity index (χ3v) is 3.12. The molecular formula is C14H16N2O3. The summed E-state index contributed by atoms with van der Waals surface area (Å²) in [6.45, 7) is 2.16. The number of H-pyrrole nitrogens is 1. The fourth-order valence-corrected chi connectivity index (χ4v) is 2.02. The van der Waals surface area contributed by atoms with Gasteiger partial charge < -0.3 is 0 Å². The maximum Gasteiger partial charge on any atom is 0.273 e. The number of benzene rings is 1. The summed E-state index contributed by atoms with van der Waals surface area (Å²) in [5, 5.41) is 3.35. The number of nitrogens with one attached hydrogen (secondary N) is 1. The smallest absolute Gasteiger partial charge is 0.273 e. The van der Waals surface area contributed by atoms with Gasteiger partial charge in [0, 0.05) is 19.4 Å². The molecule has 0 saturated carbocycles. The van der Waals surface area contributed by atoms with Crippen LogP contribution in [-0.4, -0.2) is 15.6 Å². The average Bonchev–Trinajstić information content (AvgIpc) is 2.44. The highest BCUT2D eigenvalue weighted by molar-refractivity contribution is 5.80. The standard InChI is InChI=1S/C14H16N2O3/c1-2-10(17)6-5-9-16-14(19)12-8-4-3-7-11(12)13(18)15-16/h3-4,7-8H,2,5-6,9H2,1H3,(H,15,18). The Bertz CT molecular complexity index is 712. The minimum atomic E-state index is -0.281. The highest BCUT2D eigenvalue weighted by Crippen LogP contribution is 2.03. The summed E-state index contributed by atoms with van der Waals surface area (Å²) >= 11 is 0. The number of hydrogen-bond donors (Lipinski definition) is 1. The molecule has 2 aromatic rings. The van der Waals surface area contributed by atoms with Crippen molar-refractivity contribution < 1.29 is 4.79 Å². The number of Topliss-reactive ketones (excluding diaryl/α,β-unsaturated/α-hetero) is 1. The lowest BCUT2D eigenvalue weighted by molar-refractivity contribution is -0.118. The summed E-state index contributed by atoms with van der Waals surface area (Å²) < 4.78 is 1.29. The quantitative estimate of drug-likeness (QED) is 0.884. The monoisotopic (exact) mass is 260 g/mol. The van der Waals surface area contributed by atoms with Crippen LogP contribution in [-0.2, 0) is 11.3 Å². The molecule has 0 bridgehead atoms. The minimum Gasteiger partial charge on any atom is -0.300 e. The van der Waals surface area contributed by atoms with Crippen LogP contribution in [0, 0.1) is 0 Å². The third-order valence-electron chi connectivity index (χ3n) is 3.12. The van der Waals surface area contributed by atoms with Gasteiger partial charge in [-0.05, 0) is 18.6 Å². The molecule has 0 aliphatic rings. The molecule has 1 N–H and O–H groups in total. The first-order chi connectivity index (χ1) is 9.13. The largest absolute Gasteiger partial charge is 0.300 e. The number of fused-ring (bicyclic) bond motifs is 1. The highest BCUT2D eigenvalue weighted by atomic mass is 16.2. The van der Waals surface area contributed by atoms with Gasteiger partial charge >= 0.3 is 0 Å². The molecule has 19 heavy (non-hydrogen) atoms. The van der Waals surface area contributed by atoms with Crippen LogP contribution in [0.15, 0.2) is 33.9 Å². The number of aromatic nitrogens is 2. The molecule has 0 atom stereocenters. The summed E-state index contributed by atoms with van der Waals surface area (Å²) in [5.41, 5.74) is -0.504. The number of hydrogen-bond acceptors (Lipinski definition) is 3. The Morgan fingerprint density at radius 2 is 1.89 bits per heavy atom. The molecule has 0 amide bonds. The molecule has 100 valence electrons. The van der Waals surface area contributed by atoms with Gasteiger partial charge in [-0.2, -0.15) is 0 Å². The van der Waals surface area contributed by atoms with Gasteiger partial charge in [0.25, 0.3) is 11.1 Å². The fourth-order valence-electron chi connectivity index (χ4n) is 2.02. The van der Waals surface area contributed by atoms with E-state index in [1.807, 2.05) is 6.92 Å². The molecule has 0 fully saturated rings.